The molecule has 0 N–H and O–H groups in total. The summed E-state index contributed by atoms with van der Waals surface area (Å²) in [7, 11) is 0. The van der Waals surface area contributed by atoms with Crippen LogP contribution in [0.3, 0.4) is 0 Å². The van der Waals surface area contributed by atoms with Gasteiger partial charge in [0, 0.05) is 0 Å². The smallest absolute Gasteiger partial charge is 0.323 e. The molecule has 0 aromatic carbocycles. The normalized spacial score (nSPS) is 11.4. The first-order valence-corrected chi connectivity index (χ1v) is 6.32. The minimum Gasteiger partial charge on any atom is -0.465 e. The molecule has 0 spiro atoms. The first-order chi connectivity index (χ1) is 7.94. The number of rotatable bonds is 7. The third-order valence-electron chi connectivity index (χ3n) is 2.77. The summed E-state index contributed by atoms with van der Waals surface area (Å²) in [5, 5.41) is 0. The van der Waals surface area contributed by atoms with E-state index in [1.807, 2.05) is 6.92 Å². The Labute approximate surface area is 104 Å². The Bertz CT molecular complexity index is 254. The van der Waals surface area contributed by atoms with E-state index >= 15 is 0 Å². The van der Waals surface area contributed by atoms with Gasteiger partial charge in [0.05, 0.1) is 12.7 Å². The lowest BCUT2D eigenvalue weighted by atomic mass is 9.82. The number of hydrogen-bond donors (Lipinski definition) is 0. The number of carbonyl (C=O) groups is 2. The molecule has 0 saturated heterocycles. The van der Waals surface area contributed by atoms with Crippen molar-refractivity contribution in [2.24, 2.45) is 5.41 Å². The van der Waals surface area contributed by atoms with Crippen LogP contribution in [0.5, 0.6) is 0 Å². The van der Waals surface area contributed by atoms with Crippen LogP contribution in [0.1, 0.15) is 53.9 Å². The van der Waals surface area contributed by atoms with Crippen LogP contribution in [0.25, 0.3) is 0 Å². The van der Waals surface area contributed by atoms with E-state index < -0.39 is 17.4 Å². The SMILES string of the molecule is CCCOC(=O)C(CC)(CC)C(=O)OC(C)C. The molecule has 17 heavy (non-hydrogen) atoms. The largest absolute Gasteiger partial charge is 0.465 e. The third kappa shape index (κ3) is 4.02. The highest BCUT2D eigenvalue weighted by atomic mass is 16.6. The van der Waals surface area contributed by atoms with Crippen molar-refractivity contribution in [1.29, 1.82) is 0 Å². The maximum Gasteiger partial charge on any atom is 0.323 e. The predicted molar refractivity (Wildman–Crippen MR) is 65.5 cm³/mol. The number of esters is 2. The fourth-order valence-corrected chi connectivity index (χ4v) is 1.57. The van der Waals surface area contributed by atoms with Crippen LogP contribution < -0.4 is 0 Å². The maximum atomic E-state index is 12.0. The minimum absolute atomic E-state index is 0.223. The number of ether oxygens (including phenoxy) is 2. The van der Waals surface area contributed by atoms with E-state index in [2.05, 4.69) is 0 Å². The highest BCUT2D eigenvalue weighted by Crippen LogP contribution is 2.30. The van der Waals surface area contributed by atoms with Gasteiger partial charge in [-0.25, -0.2) is 0 Å². The molecule has 0 amide bonds. The Balaban J connectivity index is 4.87. The second kappa shape index (κ2) is 7.30. The van der Waals surface area contributed by atoms with Crippen LogP contribution in [0.2, 0.25) is 0 Å². The summed E-state index contributed by atoms with van der Waals surface area (Å²) in [6, 6.07) is 0. The zero-order chi connectivity index (χ0) is 13.5. The molecule has 0 saturated carbocycles. The third-order valence-corrected chi connectivity index (χ3v) is 2.77. The van der Waals surface area contributed by atoms with Crippen molar-refractivity contribution >= 4 is 11.9 Å². The van der Waals surface area contributed by atoms with Gasteiger partial charge in [-0.2, -0.15) is 0 Å². The van der Waals surface area contributed by atoms with Crippen LogP contribution in [-0.2, 0) is 19.1 Å². The summed E-state index contributed by atoms with van der Waals surface area (Å²) in [6.07, 6.45) is 1.32. The summed E-state index contributed by atoms with van der Waals surface area (Å²) >= 11 is 0. The zero-order valence-electron chi connectivity index (χ0n) is 11.5. The van der Waals surface area contributed by atoms with Crippen LogP contribution in [0.4, 0.5) is 0 Å². The Kier molecular flexibility index (Phi) is 6.85. The zero-order valence-corrected chi connectivity index (χ0v) is 11.5. The van der Waals surface area contributed by atoms with Crippen LogP contribution in [0, 0.1) is 5.41 Å². The van der Waals surface area contributed by atoms with E-state index in [4.69, 9.17) is 9.47 Å². The fraction of sp³-hybridized carbons (Fsp3) is 0.846. The molecule has 0 aliphatic carbocycles. The van der Waals surface area contributed by atoms with Crippen molar-refractivity contribution in [3.8, 4) is 0 Å². The molecule has 0 heterocycles. The van der Waals surface area contributed by atoms with Crippen molar-refractivity contribution in [3.63, 3.8) is 0 Å². The highest BCUT2D eigenvalue weighted by molar-refractivity contribution is 6.00. The van der Waals surface area contributed by atoms with Crippen molar-refractivity contribution in [2.45, 2.75) is 60.0 Å². The molecule has 4 nitrogen and oxygen atoms in total. The van der Waals surface area contributed by atoms with Gasteiger partial charge in [-0.05, 0) is 33.1 Å². The summed E-state index contributed by atoms with van der Waals surface area (Å²) in [6.45, 7) is 9.40. The summed E-state index contributed by atoms with van der Waals surface area (Å²) in [4.78, 5) is 24.0. The lowest BCUT2D eigenvalue weighted by molar-refractivity contribution is -0.175. The van der Waals surface area contributed by atoms with Gasteiger partial charge in [0.25, 0.3) is 0 Å². The van der Waals surface area contributed by atoms with Gasteiger partial charge >= 0.3 is 11.9 Å². The molecule has 100 valence electrons. The average molecular weight is 244 g/mol. The van der Waals surface area contributed by atoms with Crippen LogP contribution >= 0.6 is 0 Å². The number of hydrogen-bond acceptors (Lipinski definition) is 4. The average Bonchev–Trinajstić information content (AvgIpc) is 2.27. The maximum absolute atomic E-state index is 12.0. The van der Waals surface area contributed by atoms with Crippen LogP contribution in [0.15, 0.2) is 0 Å². The molecular formula is C13H24O4. The quantitative estimate of drug-likeness (QED) is 0.510. The summed E-state index contributed by atoms with van der Waals surface area (Å²) in [5.41, 5.74) is -1.14. The first kappa shape index (κ1) is 15.9. The second-order valence-electron chi connectivity index (χ2n) is 4.38. The Morgan fingerprint density at radius 2 is 1.59 bits per heavy atom. The topological polar surface area (TPSA) is 52.6 Å². The monoisotopic (exact) mass is 244 g/mol. The van der Waals surface area contributed by atoms with Gasteiger partial charge in [-0.1, -0.05) is 20.8 Å². The summed E-state index contributed by atoms with van der Waals surface area (Å²) in [5.74, 6) is -0.936. The Hall–Kier alpha value is -1.06. The molecule has 0 bridgehead atoms. The molecule has 0 fully saturated rings. The standard InChI is InChI=1S/C13H24O4/c1-6-9-16-11(14)13(7-2,8-3)12(15)17-10(4)5/h10H,6-9H2,1-5H3. The van der Waals surface area contributed by atoms with E-state index in [0.29, 0.717) is 19.4 Å². The minimum atomic E-state index is -1.14. The molecule has 0 radical (unpaired) electrons. The molecule has 0 atom stereocenters. The van der Waals surface area contributed by atoms with Crippen molar-refractivity contribution in [2.75, 3.05) is 6.61 Å². The molecular weight excluding hydrogens is 220 g/mol. The lowest BCUT2D eigenvalue weighted by Gasteiger charge is -2.27. The Morgan fingerprint density at radius 1 is 1.06 bits per heavy atom. The van der Waals surface area contributed by atoms with E-state index in [1.54, 1.807) is 27.7 Å². The van der Waals surface area contributed by atoms with E-state index in [-0.39, 0.29) is 6.10 Å². The van der Waals surface area contributed by atoms with E-state index in [0.717, 1.165) is 6.42 Å². The molecule has 4 heteroatoms. The van der Waals surface area contributed by atoms with Gasteiger partial charge in [-0.15, -0.1) is 0 Å². The fourth-order valence-electron chi connectivity index (χ4n) is 1.57. The molecule has 0 aliphatic rings. The Morgan fingerprint density at radius 3 is 1.94 bits per heavy atom. The predicted octanol–water partition coefficient (Wildman–Crippen LogP) is 2.70. The number of carbonyl (C=O) groups excluding carboxylic acids is 2. The van der Waals surface area contributed by atoms with Crippen molar-refractivity contribution in [1.82, 2.24) is 0 Å². The van der Waals surface area contributed by atoms with Crippen molar-refractivity contribution in [3.05, 3.63) is 0 Å². The molecule has 0 rings (SSSR count). The van der Waals surface area contributed by atoms with Crippen LogP contribution in [-0.4, -0.2) is 24.6 Å². The summed E-state index contributed by atoms with van der Waals surface area (Å²) < 4.78 is 10.3. The molecule has 0 aromatic heterocycles. The van der Waals surface area contributed by atoms with Gasteiger partial charge < -0.3 is 9.47 Å². The van der Waals surface area contributed by atoms with Gasteiger partial charge in [0.1, 0.15) is 0 Å². The first-order valence-electron chi connectivity index (χ1n) is 6.32. The highest BCUT2D eigenvalue weighted by Gasteiger charge is 2.46. The van der Waals surface area contributed by atoms with E-state index in [1.165, 1.54) is 0 Å². The molecule has 0 aromatic rings. The van der Waals surface area contributed by atoms with Gasteiger partial charge in [0.2, 0.25) is 0 Å². The molecule has 0 unspecified atom stereocenters. The lowest BCUT2D eigenvalue weighted by Crippen LogP contribution is -2.42. The van der Waals surface area contributed by atoms with Crippen molar-refractivity contribution < 1.29 is 19.1 Å². The van der Waals surface area contributed by atoms with Gasteiger partial charge in [-0.3, -0.25) is 9.59 Å². The van der Waals surface area contributed by atoms with Gasteiger partial charge in [0.15, 0.2) is 5.41 Å². The van der Waals surface area contributed by atoms with E-state index in [9.17, 15) is 9.59 Å². The second-order valence-corrected chi connectivity index (χ2v) is 4.38. The molecule has 0 aliphatic heterocycles.